The molecule has 16 heavy (non-hydrogen) atoms. The summed E-state index contributed by atoms with van der Waals surface area (Å²) in [5.41, 5.74) is 7.41. The second-order valence-electron chi connectivity index (χ2n) is 5.06. The van der Waals surface area contributed by atoms with Gasteiger partial charge in [0.05, 0.1) is 0 Å². The van der Waals surface area contributed by atoms with Crippen LogP contribution in [0.25, 0.3) is 10.4 Å². The molecule has 0 saturated carbocycles. The number of hydrogen-bond acceptors (Lipinski definition) is 4. The van der Waals surface area contributed by atoms with Gasteiger partial charge in [-0.1, -0.05) is 25.9 Å². The van der Waals surface area contributed by atoms with Crippen LogP contribution in [0.4, 0.5) is 0 Å². The number of rotatable bonds is 6. The average Bonchev–Trinajstić information content (AvgIpc) is 2.94. The largest absolute Gasteiger partial charge is 0.299 e. The minimum absolute atomic E-state index is 0.216. The topological polar surface area (TPSA) is 90.5 Å². The van der Waals surface area contributed by atoms with Crippen molar-refractivity contribution in [2.45, 2.75) is 45.7 Å². The van der Waals surface area contributed by atoms with Crippen molar-refractivity contribution < 1.29 is 4.79 Å². The van der Waals surface area contributed by atoms with E-state index in [2.05, 4.69) is 20.3 Å². The highest BCUT2D eigenvalue weighted by Crippen LogP contribution is 2.37. The summed E-state index contributed by atoms with van der Waals surface area (Å²) in [7, 11) is 0. The van der Waals surface area contributed by atoms with Gasteiger partial charge in [0.1, 0.15) is 5.78 Å². The van der Waals surface area contributed by atoms with E-state index in [4.69, 9.17) is 5.53 Å². The first-order valence-corrected chi connectivity index (χ1v) is 5.38. The molecule has 0 radical (unpaired) electrons. The molecule has 1 rings (SSSR count). The lowest BCUT2D eigenvalue weighted by Gasteiger charge is -2.17. The van der Waals surface area contributed by atoms with Gasteiger partial charge in [0.2, 0.25) is 0 Å². The highest BCUT2D eigenvalue weighted by atomic mass is 16.1. The summed E-state index contributed by atoms with van der Waals surface area (Å²) < 4.78 is 0. The second-order valence-corrected chi connectivity index (χ2v) is 5.06. The molecule has 6 nitrogen and oxygen atoms in total. The van der Waals surface area contributed by atoms with E-state index in [1.54, 1.807) is 0 Å². The molecule has 0 N–H and O–H groups in total. The second kappa shape index (κ2) is 4.61. The minimum atomic E-state index is -0.435. The fourth-order valence-electron chi connectivity index (χ4n) is 1.36. The summed E-state index contributed by atoms with van der Waals surface area (Å²) in [4.78, 5) is 14.4. The molecular weight excluding hydrogens is 206 g/mol. The van der Waals surface area contributed by atoms with Gasteiger partial charge in [-0.3, -0.25) is 4.79 Å². The molecule has 0 bridgehead atoms. The van der Waals surface area contributed by atoms with Crippen molar-refractivity contribution in [2.75, 3.05) is 6.54 Å². The third-order valence-corrected chi connectivity index (χ3v) is 2.65. The Morgan fingerprint density at radius 2 is 2.00 bits per heavy atom. The molecule has 1 aliphatic heterocycles. The van der Waals surface area contributed by atoms with Crippen LogP contribution in [-0.2, 0) is 4.79 Å². The van der Waals surface area contributed by atoms with Gasteiger partial charge in [0, 0.05) is 36.1 Å². The highest BCUT2D eigenvalue weighted by Gasteiger charge is 2.40. The smallest absolute Gasteiger partial charge is 0.191 e. The number of carbonyl (C=O) groups is 1. The van der Waals surface area contributed by atoms with Crippen LogP contribution in [0.3, 0.4) is 0 Å². The molecule has 0 aliphatic carbocycles. The first-order valence-electron chi connectivity index (χ1n) is 5.38. The fraction of sp³-hybridized carbons (Fsp3) is 0.900. The van der Waals surface area contributed by atoms with Gasteiger partial charge in [-0.25, -0.2) is 0 Å². The third kappa shape index (κ3) is 3.62. The van der Waals surface area contributed by atoms with Crippen LogP contribution in [0.5, 0.6) is 0 Å². The number of nitrogens with zero attached hydrogens (tertiary/aromatic N) is 5. The maximum Gasteiger partial charge on any atom is 0.191 e. The summed E-state index contributed by atoms with van der Waals surface area (Å²) in [5.74, 6) is 0.216. The Kier molecular flexibility index (Phi) is 3.65. The lowest BCUT2D eigenvalue weighted by Crippen LogP contribution is -2.23. The van der Waals surface area contributed by atoms with Crippen LogP contribution in [0, 0.1) is 5.41 Å². The van der Waals surface area contributed by atoms with E-state index in [1.165, 1.54) is 0 Å². The van der Waals surface area contributed by atoms with Gasteiger partial charge in [0.15, 0.2) is 5.66 Å². The summed E-state index contributed by atoms with van der Waals surface area (Å²) in [6, 6.07) is 0. The third-order valence-electron chi connectivity index (χ3n) is 2.65. The van der Waals surface area contributed by atoms with Gasteiger partial charge in [-0.2, -0.15) is 10.2 Å². The number of Topliss-reactive ketones (excluding diaryl/α,β-unsaturated/α-hetero) is 1. The van der Waals surface area contributed by atoms with E-state index >= 15 is 0 Å². The molecule has 1 heterocycles. The maximum absolute atomic E-state index is 11.7. The lowest BCUT2D eigenvalue weighted by atomic mass is 9.86. The summed E-state index contributed by atoms with van der Waals surface area (Å²) in [6.07, 6.45) is 1.71. The molecule has 1 aliphatic rings. The fourth-order valence-corrected chi connectivity index (χ4v) is 1.36. The van der Waals surface area contributed by atoms with Crippen LogP contribution >= 0.6 is 0 Å². The van der Waals surface area contributed by atoms with Crippen LogP contribution in [0.1, 0.15) is 40.0 Å². The van der Waals surface area contributed by atoms with Crippen LogP contribution in [0.15, 0.2) is 15.3 Å². The van der Waals surface area contributed by atoms with Gasteiger partial charge in [0.25, 0.3) is 0 Å². The van der Waals surface area contributed by atoms with Crippen molar-refractivity contribution in [3.05, 3.63) is 10.4 Å². The summed E-state index contributed by atoms with van der Waals surface area (Å²) in [5, 5.41) is 11.3. The first-order chi connectivity index (χ1) is 7.40. The maximum atomic E-state index is 11.7. The average molecular weight is 223 g/mol. The molecule has 88 valence electrons. The monoisotopic (exact) mass is 223 g/mol. The Hall–Kier alpha value is -1.42. The molecule has 0 saturated heterocycles. The van der Waals surface area contributed by atoms with Crippen LogP contribution in [-0.4, -0.2) is 18.0 Å². The Bertz CT molecular complexity index is 343. The quantitative estimate of drug-likeness (QED) is 0.386. The van der Waals surface area contributed by atoms with Crippen molar-refractivity contribution in [1.29, 1.82) is 0 Å². The van der Waals surface area contributed by atoms with Crippen LogP contribution < -0.4 is 0 Å². The van der Waals surface area contributed by atoms with Crippen molar-refractivity contribution in [2.24, 2.45) is 20.8 Å². The summed E-state index contributed by atoms with van der Waals surface area (Å²) in [6.45, 7) is 6.10. The molecule has 0 amide bonds. The zero-order valence-electron chi connectivity index (χ0n) is 9.97. The minimum Gasteiger partial charge on any atom is -0.299 e. The molecule has 0 atom stereocenters. The molecule has 0 aromatic heterocycles. The Morgan fingerprint density at radius 1 is 1.38 bits per heavy atom. The van der Waals surface area contributed by atoms with E-state index in [0.29, 0.717) is 25.8 Å². The Morgan fingerprint density at radius 3 is 2.44 bits per heavy atom. The van der Waals surface area contributed by atoms with Gasteiger partial charge < -0.3 is 0 Å². The number of carbonyl (C=O) groups excluding carboxylic acids is 1. The van der Waals surface area contributed by atoms with Crippen molar-refractivity contribution in [1.82, 2.24) is 0 Å². The summed E-state index contributed by atoms with van der Waals surface area (Å²) >= 11 is 0. The number of ketones is 1. The molecule has 0 spiro atoms. The van der Waals surface area contributed by atoms with Crippen molar-refractivity contribution in [3.8, 4) is 0 Å². The number of azide groups is 1. The van der Waals surface area contributed by atoms with Gasteiger partial charge in [-0.05, 0) is 5.53 Å². The molecule has 6 heteroatoms. The lowest BCUT2D eigenvalue weighted by molar-refractivity contribution is -0.126. The molecule has 0 fully saturated rings. The number of hydrogen-bond donors (Lipinski definition) is 0. The molecular formula is C10H17N5O. The molecule has 0 aromatic carbocycles. The highest BCUT2D eigenvalue weighted by molar-refractivity contribution is 5.83. The molecule has 0 unspecified atom stereocenters. The predicted molar refractivity (Wildman–Crippen MR) is 59.9 cm³/mol. The Labute approximate surface area is 94.8 Å². The standard InChI is InChI=1S/C10H17N5O/c1-9(2,3)8(16)4-5-10(13-14-10)6-7-12-15-11/h4-7H2,1-3H3. The SMILES string of the molecule is CC(C)(C)C(=O)CCC1(CCN=[N+]=[N-])N=N1. The van der Waals surface area contributed by atoms with Gasteiger partial charge >= 0.3 is 0 Å². The normalized spacial score (nSPS) is 16.7. The zero-order chi connectivity index (χ0) is 12.2. The van der Waals surface area contributed by atoms with Crippen molar-refractivity contribution >= 4 is 5.78 Å². The van der Waals surface area contributed by atoms with E-state index in [0.717, 1.165) is 0 Å². The first kappa shape index (κ1) is 12.6. The molecule has 0 aromatic rings. The van der Waals surface area contributed by atoms with Gasteiger partial charge in [-0.15, -0.1) is 0 Å². The van der Waals surface area contributed by atoms with E-state index in [-0.39, 0.29) is 11.2 Å². The van der Waals surface area contributed by atoms with E-state index < -0.39 is 5.66 Å². The van der Waals surface area contributed by atoms with Crippen molar-refractivity contribution in [3.63, 3.8) is 0 Å². The van der Waals surface area contributed by atoms with Crippen LogP contribution in [0.2, 0.25) is 0 Å². The van der Waals surface area contributed by atoms with E-state index in [9.17, 15) is 4.79 Å². The zero-order valence-corrected chi connectivity index (χ0v) is 9.97. The Balaban J connectivity index is 2.32. The predicted octanol–water partition coefficient (Wildman–Crippen LogP) is 3.24. The van der Waals surface area contributed by atoms with E-state index in [1.807, 2.05) is 20.8 Å².